The monoisotopic (exact) mass is 534 g/mol. The molecule has 3 aromatic rings. The Morgan fingerprint density at radius 1 is 1.11 bits per heavy atom. The number of benzene rings is 2. The van der Waals surface area contributed by atoms with Gasteiger partial charge in [-0.2, -0.15) is 4.98 Å². The lowest BCUT2D eigenvalue weighted by atomic mass is 9.66. The molecule has 3 atom stereocenters. The van der Waals surface area contributed by atoms with Gasteiger partial charge in [0, 0.05) is 29.2 Å². The Labute approximate surface area is 221 Å². The van der Waals surface area contributed by atoms with E-state index in [4.69, 9.17) is 31.5 Å². The topological polar surface area (TPSA) is 146 Å². The van der Waals surface area contributed by atoms with Crippen molar-refractivity contribution in [1.29, 1.82) is 0 Å². The number of ether oxygens (including phenoxy) is 3. The molecule has 1 unspecified atom stereocenters. The van der Waals surface area contributed by atoms with Crippen LogP contribution in [0.2, 0.25) is 5.02 Å². The van der Waals surface area contributed by atoms with E-state index in [0.29, 0.717) is 11.3 Å². The van der Waals surface area contributed by atoms with E-state index in [-0.39, 0.29) is 57.2 Å². The maximum atomic E-state index is 14.6. The molecule has 1 aliphatic carbocycles. The number of nitrogens with zero attached hydrogens (tertiary/aromatic N) is 1. The number of nitrogens with one attached hydrogen (secondary N) is 2. The first-order valence-electron chi connectivity index (χ1n) is 11.9. The maximum Gasteiger partial charge on any atom is 0.258 e. The largest absolute Gasteiger partial charge is 0.496 e. The number of allylic oxidation sites excluding steroid dienone is 1. The molecule has 0 saturated heterocycles. The van der Waals surface area contributed by atoms with Gasteiger partial charge in [-0.05, 0) is 12.0 Å². The van der Waals surface area contributed by atoms with Gasteiger partial charge in [-0.3, -0.25) is 19.4 Å². The molecule has 4 N–H and O–H groups in total. The zero-order valence-corrected chi connectivity index (χ0v) is 21.4. The van der Waals surface area contributed by atoms with Gasteiger partial charge in [0.25, 0.3) is 5.56 Å². The van der Waals surface area contributed by atoms with Gasteiger partial charge in [0.1, 0.15) is 27.9 Å². The summed E-state index contributed by atoms with van der Waals surface area (Å²) in [6, 6.07) is 10.6. The highest BCUT2D eigenvalue weighted by Crippen LogP contribution is 2.56. The summed E-state index contributed by atoms with van der Waals surface area (Å²) in [5.41, 5.74) is 5.21. The minimum atomic E-state index is -1.91. The Kier molecular flexibility index (Phi) is 5.29. The highest BCUT2D eigenvalue weighted by molar-refractivity contribution is 6.36. The van der Waals surface area contributed by atoms with Crippen LogP contribution in [-0.2, 0) is 4.79 Å². The zero-order valence-electron chi connectivity index (χ0n) is 20.7. The molecule has 194 valence electrons. The van der Waals surface area contributed by atoms with Crippen molar-refractivity contribution in [2.45, 2.75) is 24.9 Å². The fourth-order valence-corrected chi connectivity index (χ4v) is 6.01. The average molecular weight is 535 g/mol. The third kappa shape index (κ3) is 3.06. The summed E-state index contributed by atoms with van der Waals surface area (Å²) in [6.45, 7) is 1.76. The quantitative estimate of drug-likeness (QED) is 0.430. The van der Waals surface area contributed by atoms with E-state index in [1.165, 1.54) is 20.3 Å². The third-order valence-corrected chi connectivity index (χ3v) is 7.84. The van der Waals surface area contributed by atoms with E-state index in [1.807, 2.05) is 30.3 Å². The van der Waals surface area contributed by atoms with Crippen LogP contribution >= 0.6 is 11.6 Å². The van der Waals surface area contributed by atoms with Crippen LogP contribution in [0.4, 0.5) is 11.8 Å². The number of fused-ring (bicyclic) bond motifs is 2. The average Bonchev–Trinajstić information content (AvgIpc) is 3.22. The van der Waals surface area contributed by atoms with Crippen molar-refractivity contribution >= 4 is 34.9 Å². The van der Waals surface area contributed by atoms with Gasteiger partial charge in [-0.15, -0.1) is 0 Å². The number of hydrogen-bond donors (Lipinski definition) is 3. The number of rotatable bonds is 3. The highest BCUT2D eigenvalue weighted by atomic mass is 35.5. The van der Waals surface area contributed by atoms with Gasteiger partial charge in [0.2, 0.25) is 23.1 Å². The first-order valence-corrected chi connectivity index (χ1v) is 12.3. The molecule has 3 heterocycles. The number of hydrogen-bond acceptors (Lipinski definition) is 9. The molecule has 0 fully saturated rings. The number of aromatic nitrogens is 2. The predicted molar refractivity (Wildman–Crippen MR) is 139 cm³/mol. The molecule has 11 heteroatoms. The molecular formula is C27H23ClN4O6. The second kappa shape index (κ2) is 8.35. The summed E-state index contributed by atoms with van der Waals surface area (Å²) in [5.74, 6) is -1.86. The van der Waals surface area contributed by atoms with Crippen molar-refractivity contribution < 1.29 is 23.8 Å². The van der Waals surface area contributed by atoms with Crippen molar-refractivity contribution in [3.05, 3.63) is 79.7 Å². The van der Waals surface area contributed by atoms with Crippen molar-refractivity contribution in [2.24, 2.45) is 5.92 Å². The summed E-state index contributed by atoms with van der Waals surface area (Å²) in [4.78, 5) is 48.7. The van der Waals surface area contributed by atoms with Gasteiger partial charge in [0.05, 0.1) is 19.8 Å². The number of nitrogen functional groups attached to an aromatic ring is 1. The number of aromatic amines is 1. The number of Topliss-reactive ketones (excluding diaryl/α,β-unsaturated/α-hetero) is 2. The Bertz CT molecular complexity index is 1630. The molecule has 0 saturated carbocycles. The zero-order chi connectivity index (χ0) is 26.9. The third-order valence-electron chi connectivity index (χ3n) is 7.48. The molecule has 0 amide bonds. The molecule has 0 bridgehead atoms. The number of halogens is 1. The molecule has 38 heavy (non-hydrogen) atoms. The van der Waals surface area contributed by atoms with Gasteiger partial charge in [0.15, 0.2) is 5.75 Å². The number of methoxy groups -OCH3 is 2. The van der Waals surface area contributed by atoms with Crippen molar-refractivity contribution in [3.8, 4) is 17.2 Å². The predicted octanol–water partition coefficient (Wildman–Crippen LogP) is 3.46. The van der Waals surface area contributed by atoms with Gasteiger partial charge in [-0.25, -0.2) is 0 Å². The second-order valence-corrected chi connectivity index (χ2v) is 9.85. The van der Waals surface area contributed by atoms with Crippen LogP contribution in [0.1, 0.15) is 40.7 Å². The number of H-pyrrole nitrogens is 1. The van der Waals surface area contributed by atoms with Crippen LogP contribution in [0.5, 0.6) is 17.2 Å². The molecule has 1 spiro atoms. The van der Waals surface area contributed by atoms with E-state index in [2.05, 4.69) is 15.3 Å². The summed E-state index contributed by atoms with van der Waals surface area (Å²) in [6.07, 6.45) is 0.259. The first-order chi connectivity index (χ1) is 18.2. The van der Waals surface area contributed by atoms with Crippen molar-refractivity contribution in [2.75, 3.05) is 25.3 Å². The Morgan fingerprint density at radius 3 is 2.50 bits per heavy atom. The number of anilines is 2. The summed E-state index contributed by atoms with van der Waals surface area (Å²) in [7, 11) is 2.84. The second-order valence-electron chi connectivity index (χ2n) is 9.47. The minimum absolute atomic E-state index is 0.0323. The fourth-order valence-electron chi connectivity index (χ4n) is 5.75. The van der Waals surface area contributed by atoms with E-state index in [0.717, 1.165) is 0 Å². The number of carbonyl (C=O) groups excluding carboxylic acids is 2. The normalized spacial score (nSPS) is 23.4. The minimum Gasteiger partial charge on any atom is -0.496 e. The Hall–Kier alpha value is -4.31. The SMILES string of the molecule is COc1cc(OC)c2c(c1Cl)O[C@@]1(C(=O)C3=C(C[C@H]1C)Nc1nc(N)[nH]c(=O)c1C3c1ccccc1)C2=O. The highest BCUT2D eigenvalue weighted by Gasteiger charge is 2.63. The first kappa shape index (κ1) is 24.1. The van der Waals surface area contributed by atoms with Gasteiger partial charge >= 0.3 is 0 Å². The van der Waals surface area contributed by atoms with Crippen LogP contribution in [0.25, 0.3) is 0 Å². The van der Waals surface area contributed by atoms with E-state index >= 15 is 0 Å². The summed E-state index contributed by atoms with van der Waals surface area (Å²) >= 11 is 6.55. The lowest BCUT2D eigenvalue weighted by Crippen LogP contribution is -2.58. The number of nitrogens with two attached hydrogens (primary N) is 1. The molecule has 10 nitrogen and oxygen atoms in total. The summed E-state index contributed by atoms with van der Waals surface area (Å²) < 4.78 is 17.1. The maximum absolute atomic E-state index is 14.6. The lowest BCUT2D eigenvalue weighted by molar-refractivity contribution is -0.130. The van der Waals surface area contributed by atoms with Crippen LogP contribution in [0.15, 0.2) is 52.5 Å². The molecule has 1 aromatic heterocycles. The van der Waals surface area contributed by atoms with Crippen molar-refractivity contribution in [1.82, 2.24) is 9.97 Å². The van der Waals surface area contributed by atoms with Crippen LogP contribution < -0.4 is 30.8 Å². The molecule has 2 aliphatic heterocycles. The number of carbonyl (C=O) groups is 2. The Morgan fingerprint density at radius 2 is 1.82 bits per heavy atom. The standard InChI is InChI=1S/C27H23ClN4O6/c1-11-9-13-17(16(12-7-5-4-6-8-12)19-24(30-13)31-26(29)32-25(19)35)22(33)27(11)23(34)18-14(36-2)10-15(37-3)20(28)21(18)38-27/h4-8,10-11,16H,9H2,1-3H3,(H4,29,30,31,32,35)/t11-,16?,27+/m1/s1. The van der Waals surface area contributed by atoms with Crippen molar-refractivity contribution in [3.63, 3.8) is 0 Å². The molecule has 3 aliphatic rings. The van der Waals surface area contributed by atoms with Crippen LogP contribution in [0, 0.1) is 5.92 Å². The Balaban J connectivity index is 1.58. The summed E-state index contributed by atoms with van der Waals surface area (Å²) in [5, 5.41) is 3.21. The van der Waals surface area contributed by atoms with Crippen LogP contribution in [0.3, 0.4) is 0 Å². The number of ketones is 2. The van der Waals surface area contributed by atoms with Gasteiger partial charge in [-0.1, -0.05) is 48.9 Å². The lowest BCUT2D eigenvalue weighted by Gasteiger charge is -2.42. The molecule has 0 radical (unpaired) electrons. The molecule has 6 rings (SSSR count). The molecular weight excluding hydrogens is 512 g/mol. The van der Waals surface area contributed by atoms with Crippen LogP contribution in [-0.4, -0.2) is 41.4 Å². The van der Waals surface area contributed by atoms with E-state index < -0.39 is 34.6 Å². The molecule has 2 aromatic carbocycles. The van der Waals surface area contributed by atoms with Gasteiger partial charge < -0.3 is 25.3 Å². The van der Waals surface area contributed by atoms with E-state index in [1.54, 1.807) is 6.92 Å². The smallest absolute Gasteiger partial charge is 0.258 e. The fraction of sp³-hybridized carbons (Fsp3) is 0.259. The van der Waals surface area contributed by atoms with E-state index in [9.17, 15) is 14.4 Å².